The number of carbonyl (C=O) groups excluding carboxylic acids is 3. The van der Waals surface area contributed by atoms with Gasteiger partial charge < -0.3 is 14.8 Å². The monoisotopic (exact) mass is 304 g/mol. The predicted octanol–water partition coefficient (Wildman–Crippen LogP) is 0.584. The third-order valence-corrected chi connectivity index (χ3v) is 3.84. The van der Waals surface area contributed by atoms with E-state index in [-0.39, 0.29) is 0 Å². The Bertz CT molecular complexity index is 383. The molecule has 1 fully saturated rings. The Morgan fingerprint density at radius 3 is 2.15 bits per heavy atom. The van der Waals surface area contributed by atoms with Crippen molar-refractivity contribution < 1.29 is 23.9 Å². The van der Waals surface area contributed by atoms with E-state index in [1.165, 1.54) is 30.9 Å². The van der Waals surface area contributed by atoms with Crippen LogP contribution >= 0.6 is 11.8 Å². The summed E-state index contributed by atoms with van der Waals surface area (Å²) in [6.07, 6.45) is 0. The number of amides is 2. The van der Waals surface area contributed by atoms with E-state index in [0.29, 0.717) is 5.75 Å². The molecule has 0 unspecified atom stereocenters. The number of hydrogen-bond acceptors (Lipinski definition) is 6. The van der Waals surface area contributed by atoms with E-state index in [4.69, 9.17) is 0 Å². The maximum atomic E-state index is 12.3. The van der Waals surface area contributed by atoms with Gasteiger partial charge in [0.05, 0.1) is 14.2 Å². The first-order valence-corrected chi connectivity index (χ1v) is 7.14. The van der Waals surface area contributed by atoms with Gasteiger partial charge in [0.1, 0.15) is 6.04 Å². The summed E-state index contributed by atoms with van der Waals surface area (Å²) in [7, 11) is 2.49. The van der Waals surface area contributed by atoms with Gasteiger partial charge in [0.15, 0.2) is 5.37 Å². The number of thioether (sulfide) groups is 1. The molecule has 1 rings (SSSR count). The molecule has 1 aliphatic rings. The molecular weight excluding hydrogens is 284 g/mol. The molecule has 0 aliphatic carbocycles. The second kappa shape index (κ2) is 6.34. The van der Waals surface area contributed by atoms with Gasteiger partial charge in [-0.15, -0.1) is 11.8 Å². The first kappa shape index (κ1) is 16.6. The lowest BCUT2D eigenvalue weighted by Crippen LogP contribution is -2.56. The molecule has 0 aromatic heterocycles. The van der Waals surface area contributed by atoms with E-state index < -0.39 is 34.9 Å². The molecule has 0 spiro atoms. The number of nitrogens with zero attached hydrogens (tertiary/aromatic N) is 1. The molecular formula is C12H20N2O5S. The van der Waals surface area contributed by atoms with Crippen LogP contribution in [0.25, 0.3) is 0 Å². The maximum Gasteiger partial charge on any atom is 0.339 e. The molecule has 20 heavy (non-hydrogen) atoms. The highest BCUT2D eigenvalue weighted by molar-refractivity contribution is 8.00. The average Bonchev–Trinajstić information content (AvgIpc) is 2.79. The molecule has 1 aliphatic heterocycles. The van der Waals surface area contributed by atoms with Gasteiger partial charge in [0.25, 0.3) is 0 Å². The molecule has 1 saturated heterocycles. The molecule has 0 radical (unpaired) electrons. The highest BCUT2D eigenvalue weighted by atomic mass is 32.2. The summed E-state index contributed by atoms with van der Waals surface area (Å²) in [5, 5.41) is 1.90. The molecule has 0 saturated carbocycles. The molecule has 2 atom stereocenters. The van der Waals surface area contributed by atoms with Crippen molar-refractivity contribution in [1.82, 2.24) is 10.2 Å². The summed E-state index contributed by atoms with van der Waals surface area (Å²) < 4.78 is 9.35. The highest BCUT2D eigenvalue weighted by Gasteiger charge is 2.46. The number of rotatable bonds is 2. The lowest BCUT2D eigenvalue weighted by Gasteiger charge is -2.30. The summed E-state index contributed by atoms with van der Waals surface area (Å²) >= 11 is 1.18. The van der Waals surface area contributed by atoms with Crippen molar-refractivity contribution in [3.8, 4) is 0 Å². The van der Waals surface area contributed by atoms with Gasteiger partial charge in [-0.05, 0) is 20.8 Å². The largest absolute Gasteiger partial charge is 0.467 e. The quantitative estimate of drug-likeness (QED) is 0.751. The summed E-state index contributed by atoms with van der Waals surface area (Å²) in [6, 6.07) is -1.29. The predicted molar refractivity (Wildman–Crippen MR) is 74.2 cm³/mol. The summed E-state index contributed by atoms with van der Waals surface area (Å²) in [6.45, 7) is 5.44. The number of esters is 2. The summed E-state index contributed by atoms with van der Waals surface area (Å²) in [4.78, 5) is 37.0. The van der Waals surface area contributed by atoms with Crippen LogP contribution in [-0.4, -0.2) is 59.8 Å². The van der Waals surface area contributed by atoms with Crippen LogP contribution in [0, 0.1) is 0 Å². The average molecular weight is 304 g/mol. The third-order valence-electron chi connectivity index (χ3n) is 2.59. The number of methoxy groups -OCH3 is 2. The molecule has 114 valence electrons. The van der Waals surface area contributed by atoms with Gasteiger partial charge in [-0.1, -0.05) is 0 Å². The molecule has 7 nitrogen and oxygen atoms in total. The topological polar surface area (TPSA) is 84.9 Å². The van der Waals surface area contributed by atoms with Crippen LogP contribution < -0.4 is 5.32 Å². The molecule has 2 amide bonds. The minimum atomic E-state index is -0.841. The van der Waals surface area contributed by atoms with Crippen LogP contribution in [0.5, 0.6) is 0 Å². The summed E-state index contributed by atoms with van der Waals surface area (Å²) in [5.41, 5.74) is -0.480. The minimum Gasteiger partial charge on any atom is -0.467 e. The van der Waals surface area contributed by atoms with Crippen molar-refractivity contribution in [2.45, 2.75) is 37.7 Å². The van der Waals surface area contributed by atoms with E-state index in [0.717, 1.165) is 0 Å². The van der Waals surface area contributed by atoms with Gasteiger partial charge in [0.2, 0.25) is 0 Å². The molecule has 1 N–H and O–H groups in total. The molecule has 0 bridgehead atoms. The summed E-state index contributed by atoms with van der Waals surface area (Å²) in [5.74, 6) is -0.817. The first-order chi connectivity index (χ1) is 9.21. The van der Waals surface area contributed by atoms with Crippen molar-refractivity contribution in [2.24, 2.45) is 0 Å². The lowest BCUT2D eigenvalue weighted by molar-refractivity contribution is -0.147. The Balaban J connectivity index is 2.98. The van der Waals surface area contributed by atoms with Crippen LogP contribution in [0.1, 0.15) is 20.8 Å². The van der Waals surface area contributed by atoms with Gasteiger partial charge >= 0.3 is 18.0 Å². The fourth-order valence-corrected chi connectivity index (χ4v) is 3.04. The third kappa shape index (κ3) is 3.78. The smallest absolute Gasteiger partial charge is 0.339 e. The van der Waals surface area contributed by atoms with E-state index in [1.54, 1.807) is 0 Å². The van der Waals surface area contributed by atoms with E-state index >= 15 is 0 Å². The van der Waals surface area contributed by atoms with E-state index in [1.807, 2.05) is 20.8 Å². The number of urea groups is 1. The van der Waals surface area contributed by atoms with Crippen LogP contribution in [-0.2, 0) is 19.1 Å². The van der Waals surface area contributed by atoms with Crippen molar-refractivity contribution in [3.05, 3.63) is 0 Å². The fraction of sp³-hybridized carbons (Fsp3) is 0.750. The number of hydrogen-bond donors (Lipinski definition) is 1. The highest BCUT2D eigenvalue weighted by Crippen LogP contribution is 2.31. The molecule has 1 heterocycles. The van der Waals surface area contributed by atoms with Gasteiger partial charge in [0, 0.05) is 11.3 Å². The van der Waals surface area contributed by atoms with Crippen LogP contribution in [0.4, 0.5) is 4.79 Å². The Morgan fingerprint density at radius 2 is 1.70 bits per heavy atom. The van der Waals surface area contributed by atoms with Crippen molar-refractivity contribution in [1.29, 1.82) is 0 Å². The standard InChI is InChI=1S/C12H20N2O5S/c1-12(2,3)13-11(17)14-7(9(15)18-4)6-20-8(14)10(16)19-5/h7-8H,6H2,1-5H3,(H,13,17)/t7-,8-/m1/s1. The molecule has 0 aromatic carbocycles. The van der Waals surface area contributed by atoms with Gasteiger partial charge in [-0.25, -0.2) is 14.4 Å². The SMILES string of the molecule is COC(=O)[C@H]1CS[C@H](C(=O)OC)N1C(=O)NC(C)(C)C. The second-order valence-corrected chi connectivity index (χ2v) is 6.45. The van der Waals surface area contributed by atoms with Crippen LogP contribution in [0.2, 0.25) is 0 Å². The number of nitrogens with one attached hydrogen (secondary N) is 1. The van der Waals surface area contributed by atoms with Gasteiger partial charge in [-0.2, -0.15) is 0 Å². The van der Waals surface area contributed by atoms with Crippen molar-refractivity contribution in [3.63, 3.8) is 0 Å². The van der Waals surface area contributed by atoms with Crippen molar-refractivity contribution >= 4 is 29.7 Å². The molecule has 0 aromatic rings. The normalized spacial score (nSPS) is 22.4. The van der Waals surface area contributed by atoms with E-state index in [9.17, 15) is 14.4 Å². The zero-order chi connectivity index (χ0) is 15.5. The minimum absolute atomic E-state index is 0.296. The van der Waals surface area contributed by atoms with Crippen LogP contribution in [0.3, 0.4) is 0 Å². The Hall–Kier alpha value is -1.44. The Labute approximate surface area is 122 Å². The number of ether oxygens (including phenoxy) is 2. The van der Waals surface area contributed by atoms with Crippen molar-refractivity contribution in [2.75, 3.05) is 20.0 Å². The zero-order valence-electron chi connectivity index (χ0n) is 12.3. The maximum absolute atomic E-state index is 12.3. The Kier molecular flexibility index (Phi) is 5.27. The lowest BCUT2D eigenvalue weighted by atomic mass is 10.1. The fourth-order valence-electron chi connectivity index (χ4n) is 1.74. The Morgan fingerprint density at radius 1 is 1.15 bits per heavy atom. The van der Waals surface area contributed by atoms with Gasteiger partial charge in [-0.3, -0.25) is 4.90 Å². The number of carbonyl (C=O) groups is 3. The first-order valence-electron chi connectivity index (χ1n) is 6.09. The van der Waals surface area contributed by atoms with E-state index in [2.05, 4.69) is 14.8 Å². The van der Waals surface area contributed by atoms with Crippen LogP contribution in [0.15, 0.2) is 0 Å². The molecule has 8 heteroatoms. The second-order valence-electron chi connectivity index (χ2n) is 5.34. The zero-order valence-corrected chi connectivity index (χ0v) is 13.1.